The molecule has 0 saturated carbocycles. The third-order valence-corrected chi connectivity index (χ3v) is 5.73. The Balaban J connectivity index is 1.45. The molecule has 31 heavy (non-hydrogen) atoms. The number of Topliss-reactive ketones (excluding diaryl/α,β-unsaturated/α-hetero) is 1. The van der Waals surface area contributed by atoms with Gasteiger partial charge in [0, 0.05) is 30.1 Å². The molecule has 160 valence electrons. The lowest BCUT2D eigenvalue weighted by Crippen LogP contribution is -2.43. The summed E-state index contributed by atoms with van der Waals surface area (Å²) in [5, 5.41) is 4.24. The molecule has 0 radical (unpaired) electrons. The van der Waals surface area contributed by atoms with Crippen LogP contribution in [0.2, 0.25) is 0 Å². The number of likely N-dealkylation sites (tertiary alicyclic amines) is 1. The Kier molecular flexibility index (Phi) is 5.93. The highest BCUT2D eigenvalue weighted by Crippen LogP contribution is 2.26. The van der Waals surface area contributed by atoms with Gasteiger partial charge in [-0.05, 0) is 38.3 Å². The minimum absolute atomic E-state index is 0.0869. The molecule has 4 rings (SSSR count). The Bertz CT molecular complexity index is 1110. The van der Waals surface area contributed by atoms with Gasteiger partial charge in [0.15, 0.2) is 5.78 Å². The third kappa shape index (κ3) is 4.55. The second-order valence-electron chi connectivity index (χ2n) is 7.97. The predicted molar refractivity (Wildman–Crippen MR) is 115 cm³/mol. The van der Waals surface area contributed by atoms with Gasteiger partial charge in [0.05, 0.1) is 0 Å². The van der Waals surface area contributed by atoms with Gasteiger partial charge in [-0.1, -0.05) is 42.5 Å². The molecule has 1 aromatic heterocycles. The van der Waals surface area contributed by atoms with Crippen LogP contribution in [0, 0.1) is 25.6 Å². The first kappa shape index (κ1) is 20.9. The molecule has 2 heterocycles. The van der Waals surface area contributed by atoms with Crippen molar-refractivity contribution in [3.63, 3.8) is 0 Å². The van der Waals surface area contributed by atoms with Crippen molar-refractivity contribution in [2.24, 2.45) is 5.92 Å². The molecule has 1 aliphatic heterocycles. The number of hydrogen-bond donors (Lipinski definition) is 0. The normalized spacial score (nSPS) is 16.4. The maximum Gasteiger partial charge on any atom is 0.244 e. The van der Waals surface area contributed by atoms with Gasteiger partial charge in [-0.15, -0.1) is 0 Å². The molecule has 0 bridgehead atoms. The fraction of sp³-hybridized carbons (Fsp3) is 0.333. The molecule has 6 nitrogen and oxygen atoms in total. The first-order valence-electron chi connectivity index (χ1n) is 10.5. The highest BCUT2D eigenvalue weighted by Gasteiger charge is 2.29. The average molecular weight is 420 g/mol. The van der Waals surface area contributed by atoms with Crippen molar-refractivity contribution in [1.29, 1.82) is 0 Å². The van der Waals surface area contributed by atoms with E-state index in [1.807, 2.05) is 37.3 Å². The smallest absolute Gasteiger partial charge is 0.244 e. The summed E-state index contributed by atoms with van der Waals surface area (Å²) in [6.45, 7) is 4.65. The second kappa shape index (κ2) is 8.79. The predicted octanol–water partition coefficient (Wildman–Crippen LogP) is 3.82. The Morgan fingerprint density at radius 3 is 2.58 bits per heavy atom. The number of hydrogen-bond acceptors (Lipinski definition) is 4. The van der Waals surface area contributed by atoms with Crippen molar-refractivity contribution in [2.45, 2.75) is 33.2 Å². The van der Waals surface area contributed by atoms with Crippen LogP contribution in [0.3, 0.4) is 0 Å². The van der Waals surface area contributed by atoms with Crippen molar-refractivity contribution < 1.29 is 14.0 Å². The second-order valence-corrected chi connectivity index (χ2v) is 7.97. The Hall–Kier alpha value is -3.35. The fourth-order valence-corrected chi connectivity index (χ4v) is 4.11. The first-order chi connectivity index (χ1) is 14.9. The van der Waals surface area contributed by atoms with Gasteiger partial charge < -0.3 is 4.90 Å². The Labute approximate surface area is 180 Å². The molecule has 1 amide bonds. The van der Waals surface area contributed by atoms with Crippen molar-refractivity contribution in [3.8, 4) is 11.1 Å². The number of amides is 1. The summed E-state index contributed by atoms with van der Waals surface area (Å²) in [5.74, 6) is 0.346. The number of aromatic nitrogens is 3. The van der Waals surface area contributed by atoms with Crippen LogP contribution in [0.1, 0.15) is 34.8 Å². The minimum Gasteiger partial charge on any atom is -0.340 e. The fourth-order valence-electron chi connectivity index (χ4n) is 4.11. The number of aryl methyl sites for hydroxylation is 2. The van der Waals surface area contributed by atoms with E-state index in [-0.39, 0.29) is 24.2 Å². The summed E-state index contributed by atoms with van der Waals surface area (Å²) in [5.41, 5.74) is 1.59. The lowest BCUT2D eigenvalue weighted by Gasteiger charge is -2.32. The van der Waals surface area contributed by atoms with Crippen LogP contribution in [-0.2, 0) is 11.3 Å². The van der Waals surface area contributed by atoms with Crippen molar-refractivity contribution in [3.05, 3.63) is 71.6 Å². The summed E-state index contributed by atoms with van der Waals surface area (Å²) in [4.78, 5) is 31.7. The van der Waals surface area contributed by atoms with Gasteiger partial charge in [0.1, 0.15) is 24.0 Å². The average Bonchev–Trinajstić information content (AvgIpc) is 3.10. The highest BCUT2D eigenvalue weighted by molar-refractivity contribution is 5.98. The highest BCUT2D eigenvalue weighted by atomic mass is 19.1. The molecular formula is C24H25FN4O2. The quantitative estimate of drug-likeness (QED) is 0.589. The van der Waals surface area contributed by atoms with E-state index in [4.69, 9.17) is 0 Å². The molecule has 2 aromatic carbocycles. The molecular weight excluding hydrogens is 395 g/mol. The molecule has 1 fully saturated rings. The van der Waals surface area contributed by atoms with E-state index in [2.05, 4.69) is 10.1 Å². The summed E-state index contributed by atoms with van der Waals surface area (Å²) < 4.78 is 16.3. The number of ketones is 1. The lowest BCUT2D eigenvalue weighted by molar-refractivity contribution is -0.133. The topological polar surface area (TPSA) is 68.1 Å². The third-order valence-electron chi connectivity index (χ3n) is 5.73. The zero-order valence-corrected chi connectivity index (χ0v) is 17.7. The van der Waals surface area contributed by atoms with E-state index in [0.29, 0.717) is 42.3 Å². The van der Waals surface area contributed by atoms with E-state index in [9.17, 15) is 14.0 Å². The van der Waals surface area contributed by atoms with Gasteiger partial charge >= 0.3 is 0 Å². The van der Waals surface area contributed by atoms with Crippen molar-refractivity contribution >= 4 is 11.7 Å². The Morgan fingerprint density at radius 2 is 1.90 bits per heavy atom. The number of rotatable bonds is 5. The van der Waals surface area contributed by atoms with Crippen molar-refractivity contribution in [2.75, 3.05) is 13.1 Å². The SMILES string of the molecule is Cc1nc(C)n(CC(=O)N2CCC[C@@H](C(=O)c3ccc(-c4ccccc4)c(F)c3)C2)n1. The molecule has 1 atom stereocenters. The minimum atomic E-state index is -0.419. The van der Waals surface area contributed by atoms with E-state index in [1.54, 1.807) is 28.6 Å². The lowest BCUT2D eigenvalue weighted by atomic mass is 9.89. The number of benzene rings is 2. The van der Waals surface area contributed by atoms with Crippen LogP contribution in [0.4, 0.5) is 4.39 Å². The first-order valence-corrected chi connectivity index (χ1v) is 10.5. The van der Waals surface area contributed by atoms with E-state index < -0.39 is 5.82 Å². The number of nitrogens with zero attached hydrogens (tertiary/aromatic N) is 4. The molecule has 0 aliphatic carbocycles. The molecule has 0 spiro atoms. The van der Waals surface area contributed by atoms with Gasteiger partial charge in [-0.25, -0.2) is 14.1 Å². The van der Waals surface area contributed by atoms with Gasteiger partial charge in [-0.2, -0.15) is 5.10 Å². The summed E-state index contributed by atoms with van der Waals surface area (Å²) >= 11 is 0. The zero-order valence-electron chi connectivity index (χ0n) is 17.7. The number of piperidine rings is 1. The monoisotopic (exact) mass is 420 g/mol. The van der Waals surface area contributed by atoms with Crippen molar-refractivity contribution in [1.82, 2.24) is 19.7 Å². The van der Waals surface area contributed by atoms with E-state index in [1.165, 1.54) is 6.07 Å². The maximum atomic E-state index is 14.7. The van der Waals surface area contributed by atoms with E-state index >= 15 is 0 Å². The van der Waals surface area contributed by atoms with Crippen LogP contribution in [0.25, 0.3) is 11.1 Å². The summed E-state index contributed by atoms with van der Waals surface area (Å²) in [7, 11) is 0. The maximum absolute atomic E-state index is 14.7. The van der Waals surface area contributed by atoms with Gasteiger partial charge in [-0.3, -0.25) is 9.59 Å². The van der Waals surface area contributed by atoms with Crippen LogP contribution in [0.15, 0.2) is 48.5 Å². The molecule has 1 aliphatic rings. The molecule has 0 unspecified atom stereocenters. The summed E-state index contributed by atoms with van der Waals surface area (Å²) in [6.07, 6.45) is 1.42. The van der Waals surface area contributed by atoms with Gasteiger partial charge in [0.25, 0.3) is 0 Å². The van der Waals surface area contributed by atoms with Crippen LogP contribution in [-0.4, -0.2) is 44.4 Å². The molecule has 7 heteroatoms. The number of halogens is 1. The Morgan fingerprint density at radius 1 is 1.13 bits per heavy atom. The number of carbonyl (C=O) groups excluding carboxylic acids is 2. The van der Waals surface area contributed by atoms with Gasteiger partial charge in [0.2, 0.25) is 5.91 Å². The van der Waals surface area contributed by atoms with Crippen LogP contribution < -0.4 is 0 Å². The standard InChI is InChI=1S/C24H25FN4O2/c1-16-26-17(2)29(27-16)15-23(30)28-12-6-9-20(14-28)24(31)19-10-11-21(22(25)13-19)18-7-4-3-5-8-18/h3-5,7-8,10-11,13,20H,6,9,12,14-15H2,1-2H3/t20-/m1/s1. The van der Waals surface area contributed by atoms with E-state index in [0.717, 1.165) is 12.0 Å². The summed E-state index contributed by atoms with van der Waals surface area (Å²) in [6, 6.07) is 13.9. The number of carbonyl (C=O) groups is 2. The largest absolute Gasteiger partial charge is 0.340 e. The van der Waals surface area contributed by atoms with Crippen LogP contribution in [0.5, 0.6) is 0 Å². The molecule has 0 N–H and O–H groups in total. The zero-order chi connectivity index (χ0) is 22.0. The van der Waals surface area contributed by atoms with Crippen LogP contribution >= 0.6 is 0 Å². The molecule has 3 aromatic rings. The molecule has 1 saturated heterocycles.